The van der Waals surface area contributed by atoms with Crippen LogP contribution in [0.4, 0.5) is 17.6 Å². The van der Waals surface area contributed by atoms with Gasteiger partial charge in [-0.25, -0.2) is 4.39 Å². The first-order valence-corrected chi connectivity index (χ1v) is 7.26. The van der Waals surface area contributed by atoms with E-state index in [1.165, 1.54) is 19.2 Å². The minimum Gasteiger partial charge on any atom is -0.496 e. The number of alkyl halides is 3. The number of benzene rings is 1. The lowest BCUT2D eigenvalue weighted by Gasteiger charge is -2.36. The first-order chi connectivity index (χ1) is 10.4. The Morgan fingerprint density at radius 2 is 1.83 bits per heavy atom. The SMILES string of the molecule is COc1cccc(F)c1[C@H](CCC(F)(F)F)N1CCNCC1.Cl.Cl. The van der Waals surface area contributed by atoms with Gasteiger partial charge in [0.1, 0.15) is 11.6 Å². The largest absolute Gasteiger partial charge is 0.496 e. The first kappa shape index (κ1) is 23.2. The van der Waals surface area contributed by atoms with E-state index in [2.05, 4.69) is 5.32 Å². The van der Waals surface area contributed by atoms with Crippen molar-refractivity contribution < 1.29 is 22.3 Å². The molecule has 1 aromatic rings. The molecule has 2 rings (SSSR count). The van der Waals surface area contributed by atoms with Crippen LogP contribution < -0.4 is 10.1 Å². The fourth-order valence-electron chi connectivity index (χ4n) is 2.82. The summed E-state index contributed by atoms with van der Waals surface area (Å²) in [6.45, 7) is 2.53. The van der Waals surface area contributed by atoms with Gasteiger partial charge in [0, 0.05) is 44.2 Å². The molecule has 1 heterocycles. The predicted octanol–water partition coefficient (Wildman–Crippen LogP) is 3.97. The molecule has 0 bridgehead atoms. The molecular weight excluding hydrogens is 371 g/mol. The Bertz CT molecular complexity index is 497. The highest BCUT2D eigenvalue weighted by Gasteiger charge is 2.33. The fourth-order valence-corrected chi connectivity index (χ4v) is 2.82. The monoisotopic (exact) mass is 392 g/mol. The van der Waals surface area contributed by atoms with Gasteiger partial charge in [0.15, 0.2) is 0 Å². The Labute approximate surface area is 151 Å². The molecule has 1 fully saturated rings. The summed E-state index contributed by atoms with van der Waals surface area (Å²) in [5.74, 6) is -0.226. The number of hydrogen-bond donors (Lipinski definition) is 1. The number of rotatable bonds is 5. The average molecular weight is 393 g/mol. The Balaban J connectivity index is 0.00000264. The smallest absolute Gasteiger partial charge is 0.389 e. The molecule has 0 amide bonds. The molecular formula is C15H22Cl2F4N2O. The molecule has 140 valence electrons. The van der Waals surface area contributed by atoms with Crippen LogP contribution in [0.3, 0.4) is 0 Å². The van der Waals surface area contributed by atoms with E-state index in [9.17, 15) is 17.6 Å². The van der Waals surface area contributed by atoms with Crippen LogP contribution in [0, 0.1) is 5.82 Å². The van der Waals surface area contributed by atoms with Gasteiger partial charge in [-0.05, 0) is 18.6 Å². The molecule has 0 aliphatic carbocycles. The van der Waals surface area contributed by atoms with E-state index in [-0.39, 0.29) is 36.8 Å². The maximum Gasteiger partial charge on any atom is 0.389 e. The molecule has 24 heavy (non-hydrogen) atoms. The van der Waals surface area contributed by atoms with E-state index < -0.39 is 24.5 Å². The summed E-state index contributed by atoms with van der Waals surface area (Å²) in [5, 5.41) is 3.15. The van der Waals surface area contributed by atoms with Gasteiger partial charge in [0.05, 0.1) is 7.11 Å². The fraction of sp³-hybridized carbons (Fsp3) is 0.600. The van der Waals surface area contributed by atoms with Crippen LogP contribution in [-0.2, 0) is 0 Å². The third-order valence-electron chi connectivity index (χ3n) is 3.86. The van der Waals surface area contributed by atoms with Crippen LogP contribution in [0.1, 0.15) is 24.4 Å². The third-order valence-corrected chi connectivity index (χ3v) is 3.86. The lowest BCUT2D eigenvalue weighted by molar-refractivity contribution is -0.138. The predicted molar refractivity (Wildman–Crippen MR) is 89.9 cm³/mol. The third kappa shape index (κ3) is 6.27. The minimum atomic E-state index is -4.26. The maximum atomic E-state index is 14.3. The van der Waals surface area contributed by atoms with E-state index in [1.807, 2.05) is 4.90 Å². The van der Waals surface area contributed by atoms with Gasteiger partial charge in [0.25, 0.3) is 0 Å². The van der Waals surface area contributed by atoms with Crippen LogP contribution in [0.2, 0.25) is 0 Å². The molecule has 0 spiro atoms. The van der Waals surface area contributed by atoms with Crippen LogP contribution in [0.5, 0.6) is 5.75 Å². The molecule has 3 nitrogen and oxygen atoms in total. The molecule has 9 heteroatoms. The van der Waals surface area contributed by atoms with Gasteiger partial charge < -0.3 is 10.1 Å². The summed E-state index contributed by atoms with van der Waals surface area (Å²) in [4.78, 5) is 1.89. The zero-order valence-corrected chi connectivity index (χ0v) is 14.9. The van der Waals surface area contributed by atoms with Gasteiger partial charge in [-0.3, -0.25) is 4.90 Å². The Morgan fingerprint density at radius 3 is 2.38 bits per heavy atom. The number of hydrogen-bond acceptors (Lipinski definition) is 3. The number of methoxy groups -OCH3 is 1. The van der Waals surface area contributed by atoms with Crippen LogP contribution in [0.25, 0.3) is 0 Å². The van der Waals surface area contributed by atoms with Crippen molar-refractivity contribution in [1.29, 1.82) is 0 Å². The zero-order chi connectivity index (χ0) is 16.2. The molecule has 1 N–H and O–H groups in total. The van der Waals surface area contributed by atoms with Crippen molar-refractivity contribution in [2.45, 2.75) is 25.1 Å². The van der Waals surface area contributed by atoms with E-state index in [1.54, 1.807) is 6.07 Å². The number of ether oxygens (including phenoxy) is 1. The summed E-state index contributed by atoms with van der Waals surface area (Å²) in [7, 11) is 1.40. The minimum absolute atomic E-state index is 0. The second-order valence-electron chi connectivity index (χ2n) is 5.31. The van der Waals surface area contributed by atoms with E-state index in [0.29, 0.717) is 31.9 Å². The quantitative estimate of drug-likeness (QED) is 0.767. The zero-order valence-electron chi connectivity index (χ0n) is 13.2. The second-order valence-corrected chi connectivity index (χ2v) is 5.31. The van der Waals surface area contributed by atoms with E-state index in [0.717, 1.165) is 0 Å². The number of nitrogens with one attached hydrogen (secondary N) is 1. The Morgan fingerprint density at radius 1 is 1.21 bits per heavy atom. The van der Waals surface area contributed by atoms with Gasteiger partial charge >= 0.3 is 6.18 Å². The molecule has 0 radical (unpaired) electrons. The van der Waals surface area contributed by atoms with E-state index in [4.69, 9.17) is 4.74 Å². The summed E-state index contributed by atoms with van der Waals surface area (Å²) in [5.41, 5.74) is 0.219. The molecule has 1 saturated heterocycles. The topological polar surface area (TPSA) is 24.5 Å². The van der Waals surface area contributed by atoms with Gasteiger partial charge in [-0.1, -0.05) is 6.07 Å². The molecule has 0 saturated carbocycles. The summed E-state index contributed by atoms with van der Waals surface area (Å²) in [6.07, 6.45) is -5.38. The van der Waals surface area contributed by atoms with Crippen LogP contribution in [-0.4, -0.2) is 44.4 Å². The average Bonchev–Trinajstić information content (AvgIpc) is 2.48. The molecule has 0 aromatic heterocycles. The molecule has 1 aliphatic heterocycles. The highest BCUT2D eigenvalue weighted by atomic mass is 35.5. The number of halogens is 6. The van der Waals surface area contributed by atoms with Crippen LogP contribution in [0.15, 0.2) is 18.2 Å². The van der Waals surface area contributed by atoms with Crippen molar-refractivity contribution in [3.8, 4) is 5.75 Å². The Hall–Kier alpha value is -0.760. The van der Waals surface area contributed by atoms with Crippen molar-refractivity contribution in [3.05, 3.63) is 29.6 Å². The second kappa shape index (κ2) is 10.3. The van der Waals surface area contributed by atoms with Crippen LogP contribution >= 0.6 is 24.8 Å². The van der Waals surface area contributed by atoms with Gasteiger partial charge in [-0.15, -0.1) is 24.8 Å². The van der Waals surface area contributed by atoms with E-state index >= 15 is 0 Å². The standard InChI is InChI=1S/C15H20F4N2O.2ClH/c1-22-13-4-2-3-11(16)14(13)12(5-6-15(17,18)19)21-9-7-20-8-10-21;;/h2-4,12,20H,5-10H2,1H3;2*1H/t12-;;/m0../s1. The van der Waals surface area contributed by atoms with Crippen molar-refractivity contribution in [2.75, 3.05) is 33.3 Å². The Kier molecular flexibility index (Phi) is 9.96. The van der Waals surface area contributed by atoms with Crippen molar-refractivity contribution in [2.24, 2.45) is 0 Å². The lowest BCUT2D eigenvalue weighted by Crippen LogP contribution is -2.45. The van der Waals surface area contributed by atoms with Crippen molar-refractivity contribution in [1.82, 2.24) is 10.2 Å². The summed E-state index contributed by atoms with van der Waals surface area (Å²) < 4.78 is 57.3. The molecule has 0 unspecified atom stereocenters. The van der Waals surface area contributed by atoms with Crippen molar-refractivity contribution in [3.63, 3.8) is 0 Å². The highest BCUT2D eigenvalue weighted by molar-refractivity contribution is 5.85. The first-order valence-electron chi connectivity index (χ1n) is 7.26. The van der Waals surface area contributed by atoms with Crippen molar-refractivity contribution >= 4 is 24.8 Å². The molecule has 1 atom stereocenters. The normalized spacial score (nSPS) is 16.7. The molecule has 1 aromatic carbocycles. The molecule has 1 aliphatic rings. The summed E-state index contributed by atoms with van der Waals surface area (Å²) >= 11 is 0. The summed E-state index contributed by atoms with van der Waals surface area (Å²) in [6, 6.07) is 3.71. The highest BCUT2D eigenvalue weighted by Crippen LogP contribution is 2.37. The van der Waals surface area contributed by atoms with Gasteiger partial charge in [0.2, 0.25) is 0 Å². The maximum absolute atomic E-state index is 14.3. The van der Waals surface area contributed by atoms with Gasteiger partial charge in [-0.2, -0.15) is 13.2 Å². The lowest BCUT2D eigenvalue weighted by atomic mass is 9.97. The number of piperazine rings is 1. The number of nitrogens with zero attached hydrogens (tertiary/aromatic N) is 1.